The lowest BCUT2D eigenvalue weighted by molar-refractivity contribution is 0.630. The monoisotopic (exact) mass is 229 g/mol. The van der Waals surface area contributed by atoms with Gasteiger partial charge in [0.1, 0.15) is 12.1 Å². The zero-order valence-corrected chi connectivity index (χ0v) is 8.71. The molecule has 6 heteroatoms. The van der Waals surface area contributed by atoms with Crippen LogP contribution in [0, 0.1) is 5.82 Å². The average molecular weight is 229 g/mol. The molecular formula is C11H8FN5. The largest absolute Gasteiger partial charge is 0.399 e. The van der Waals surface area contributed by atoms with E-state index < -0.39 is 5.82 Å². The fraction of sp³-hybridized carbons (Fsp3) is 0. The van der Waals surface area contributed by atoms with Gasteiger partial charge in [0.25, 0.3) is 0 Å². The summed E-state index contributed by atoms with van der Waals surface area (Å²) in [6.45, 7) is 0. The number of rotatable bonds is 1. The van der Waals surface area contributed by atoms with Crippen LogP contribution < -0.4 is 5.73 Å². The van der Waals surface area contributed by atoms with E-state index in [2.05, 4.69) is 15.2 Å². The van der Waals surface area contributed by atoms with Crippen LogP contribution in [0.25, 0.3) is 17.0 Å². The van der Waals surface area contributed by atoms with E-state index >= 15 is 0 Å². The van der Waals surface area contributed by atoms with Crippen molar-refractivity contribution in [3.8, 4) is 11.4 Å². The Balaban J connectivity index is 2.27. The Morgan fingerprint density at radius 1 is 1.18 bits per heavy atom. The first-order valence-electron chi connectivity index (χ1n) is 4.96. The topological polar surface area (TPSA) is 69.1 Å². The van der Waals surface area contributed by atoms with Crippen molar-refractivity contribution >= 4 is 11.3 Å². The summed E-state index contributed by atoms with van der Waals surface area (Å²) >= 11 is 0. The van der Waals surface area contributed by atoms with Crippen molar-refractivity contribution in [3.05, 3.63) is 42.6 Å². The third kappa shape index (κ3) is 1.50. The lowest BCUT2D eigenvalue weighted by atomic mass is 10.2. The van der Waals surface area contributed by atoms with Crippen LogP contribution in [0.1, 0.15) is 0 Å². The summed E-state index contributed by atoms with van der Waals surface area (Å²) in [6.07, 6.45) is 3.15. The number of fused-ring (bicyclic) bond motifs is 1. The van der Waals surface area contributed by atoms with E-state index in [1.165, 1.54) is 6.07 Å². The third-order valence-electron chi connectivity index (χ3n) is 2.45. The van der Waals surface area contributed by atoms with Gasteiger partial charge in [0, 0.05) is 18.0 Å². The highest BCUT2D eigenvalue weighted by molar-refractivity contribution is 5.62. The van der Waals surface area contributed by atoms with Crippen LogP contribution in [0.4, 0.5) is 10.1 Å². The van der Waals surface area contributed by atoms with E-state index in [1.54, 1.807) is 35.1 Å². The van der Waals surface area contributed by atoms with Crippen molar-refractivity contribution in [2.45, 2.75) is 0 Å². The first-order valence-corrected chi connectivity index (χ1v) is 4.96. The zero-order valence-electron chi connectivity index (χ0n) is 8.71. The number of hydrogen-bond acceptors (Lipinski definition) is 4. The second kappa shape index (κ2) is 3.51. The molecule has 1 aromatic carbocycles. The molecule has 84 valence electrons. The first kappa shape index (κ1) is 9.71. The van der Waals surface area contributed by atoms with Gasteiger partial charge in [-0.05, 0) is 18.2 Å². The predicted octanol–water partition coefficient (Wildman–Crippen LogP) is 1.51. The quantitative estimate of drug-likeness (QED) is 0.642. The van der Waals surface area contributed by atoms with Gasteiger partial charge < -0.3 is 5.73 Å². The maximum atomic E-state index is 13.8. The van der Waals surface area contributed by atoms with Gasteiger partial charge in [-0.1, -0.05) is 0 Å². The molecule has 2 aromatic heterocycles. The normalized spacial score (nSPS) is 10.9. The Kier molecular flexibility index (Phi) is 2.01. The molecule has 3 rings (SSSR count). The molecule has 0 aliphatic rings. The number of aromatic nitrogens is 4. The highest BCUT2D eigenvalue weighted by Gasteiger charge is 2.12. The molecule has 0 unspecified atom stereocenters. The van der Waals surface area contributed by atoms with Crippen LogP contribution in [-0.2, 0) is 0 Å². The first-order chi connectivity index (χ1) is 8.25. The van der Waals surface area contributed by atoms with E-state index in [0.717, 1.165) is 0 Å². The summed E-state index contributed by atoms with van der Waals surface area (Å²) in [7, 11) is 0. The molecule has 0 atom stereocenters. The van der Waals surface area contributed by atoms with Crippen LogP contribution >= 0.6 is 0 Å². The van der Waals surface area contributed by atoms with Crippen molar-refractivity contribution in [3.63, 3.8) is 0 Å². The van der Waals surface area contributed by atoms with E-state index in [1.807, 2.05) is 0 Å². The molecule has 0 aliphatic carbocycles. The van der Waals surface area contributed by atoms with Gasteiger partial charge in [-0.15, -0.1) is 10.2 Å². The molecule has 0 fully saturated rings. The molecule has 0 spiro atoms. The predicted molar refractivity (Wildman–Crippen MR) is 60.6 cm³/mol. The van der Waals surface area contributed by atoms with Crippen LogP contribution in [-0.4, -0.2) is 19.6 Å². The SMILES string of the molecule is Nc1ccc(-c2nnc3ccncn23)c(F)c1. The zero-order chi connectivity index (χ0) is 11.8. The molecule has 0 bridgehead atoms. The number of nitrogens with two attached hydrogens (primary N) is 1. The van der Waals surface area contributed by atoms with E-state index in [0.29, 0.717) is 22.7 Å². The Hall–Kier alpha value is -2.50. The molecule has 2 N–H and O–H groups in total. The van der Waals surface area contributed by atoms with E-state index in [4.69, 9.17) is 5.73 Å². The molecule has 3 aromatic rings. The molecule has 0 amide bonds. The number of halogens is 1. The summed E-state index contributed by atoms with van der Waals surface area (Å²) in [5, 5.41) is 7.88. The van der Waals surface area contributed by atoms with Gasteiger partial charge >= 0.3 is 0 Å². The smallest absolute Gasteiger partial charge is 0.172 e. The Bertz CT molecular complexity index is 691. The average Bonchev–Trinajstić information content (AvgIpc) is 2.73. The van der Waals surface area contributed by atoms with Crippen LogP contribution in [0.3, 0.4) is 0 Å². The number of nitrogens with zero attached hydrogens (tertiary/aromatic N) is 4. The Morgan fingerprint density at radius 3 is 2.88 bits per heavy atom. The fourth-order valence-corrected chi connectivity index (χ4v) is 1.64. The molecule has 5 nitrogen and oxygen atoms in total. The number of hydrogen-bond donors (Lipinski definition) is 1. The summed E-state index contributed by atoms with van der Waals surface area (Å²) < 4.78 is 15.4. The number of benzene rings is 1. The van der Waals surface area contributed by atoms with Gasteiger partial charge in [-0.3, -0.25) is 4.40 Å². The highest BCUT2D eigenvalue weighted by atomic mass is 19.1. The Labute approximate surface area is 95.7 Å². The summed E-state index contributed by atoms with van der Waals surface area (Å²) in [4.78, 5) is 3.95. The van der Waals surface area contributed by atoms with Crippen LogP contribution in [0.5, 0.6) is 0 Å². The Morgan fingerprint density at radius 2 is 2.06 bits per heavy atom. The van der Waals surface area contributed by atoms with Crippen LogP contribution in [0.15, 0.2) is 36.8 Å². The maximum Gasteiger partial charge on any atom is 0.172 e. The van der Waals surface area contributed by atoms with Gasteiger partial charge in [0.05, 0.1) is 5.56 Å². The van der Waals surface area contributed by atoms with Crippen LogP contribution in [0.2, 0.25) is 0 Å². The van der Waals surface area contributed by atoms with E-state index in [-0.39, 0.29) is 0 Å². The molecule has 0 saturated carbocycles. The minimum atomic E-state index is -0.428. The van der Waals surface area contributed by atoms with Gasteiger partial charge in [-0.25, -0.2) is 9.37 Å². The van der Waals surface area contributed by atoms with E-state index in [9.17, 15) is 4.39 Å². The van der Waals surface area contributed by atoms with Crippen molar-refractivity contribution in [2.24, 2.45) is 0 Å². The lowest BCUT2D eigenvalue weighted by Crippen LogP contribution is -1.94. The van der Waals surface area contributed by atoms with Gasteiger partial charge in [0.15, 0.2) is 11.5 Å². The summed E-state index contributed by atoms with van der Waals surface area (Å²) in [5.74, 6) is -0.0197. The van der Waals surface area contributed by atoms with Gasteiger partial charge in [-0.2, -0.15) is 0 Å². The summed E-state index contributed by atoms with van der Waals surface area (Å²) in [5.41, 5.74) is 6.84. The molecule has 2 heterocycles. The van der Waals surface area contributed by atoms with Crippen molar-refractivity contribution in [1.29, 1.82) is 0 Å². The molecule has 0 saturated heterocycles. The van der Waals surface area contributed by atoms with Crippen molar-refractivity contribution in [1.82, 2.24) is 19.6 Å². The van der Waals surface area contributed by atoms with Gasteiger partial charge in [0.2, 0.25) is 0 Å². The minimum Gasteiger partial charge on any atom is -0.399 e. The highest BCUT2D eigenvalue weighted by Crippen LogP contribution is 2.22. The molecular weight excluding hydrogens is 221 g/mol. The number of anilines is 1. The minimum absolute atomic E-state index is 0.347. The second-order valence-corrected chi connectivity index (χ2v) is 3.57. The number of nitrogen functional groups attached to an aromatic ring is 1. The third-order valence-corrected chi connectivity index (χ3v) is 2.45. The molecule has 0 radical (unpaired) electrons. The standard InChI is InChI=1S/C11H8FN5/c12-9-5-7(13)1-2-8(9)11-16-15-10-3-4-14-6-17(10)11/h1-6H,13H2. The maximum absolute atomic E-state index is 13.8. The van der Waals surface area contributed by atoms with Crippen molar-refractivity contribution < 1.29 is 4.39 Å². The molecule has 17 heavy (non-hydrogen) atoms. The lowest BCUT2D eigenvalue weighted by Gasteiger charge is -2.02. The molecule has 0 aliphatic heterocycles. The van der Waals surface area contributed by atoms with Crippen molar-refractivity contribution in [2.75, 3.05) is 5.73 Å². The second-order valence-electron chi connectivity index (χ2n) is 3.57. The summed E-state index contributed by atoms with van der Waals surface area (Å²) in [6, 6.07) is 6.16. The fourth-order valence-electron chi connectivity index (χ4n) is 1.64.